The van der Waals surface area contributed by atoms with E-state index in [0.717, 1.165) is 50.9 Å². The van der Waals surface area contributed by atoms with Gasteiger partial charge in [-0.2, -0.15) is 0 Å². The molecule has 0 spiro atoms. The van der Waals surface area contributed by atoms with Crippen LogP contribution in [0.3, 0.4) is 0 Å². The molecular formula is C16H30N2O2. The molecule has 0 radical (unpaired) electrons. The van der Waals surface area contributed by atoms with Crippen LogP contribution in [0, 0.1) is 12.8 Å². The van der Waals surface area contributed by atoms with Crippen LogP contribution in [0.5, 0.6) is 0 Å². The van der Waals surface area contributed by atoms with Crippen molar-refractivity contribution < 1.29 is 9.15 Å². The minimum atomic E-state index is 0.653. The van der Waals surface area contributed by atoms with Crippen molar-refractivity contribution in [2.24, 2.45) is 5.92 Å². The van der Waals surface area contributed by atoms with Gasteiger partial charge >= 0.3 is 0 Å². The lowest BCUT2D eigenvalue weighted by Crippen LogP contribution is -2.30. The molecule has 0 unspecified atom stereocenters. The number of nitrogens with zero attached hydrogens (tertiary/aromatic N) is 1. The summed E-state index contributed by atoms with van der Waals surface area (Å²) in [5.41, 5.74) is 1.29. The SMILES string of the molecule is CCNCc1cc(CN(CCOC)CC(C)C)c(C)o1. The summed E-state index contributed by atoms with van der Waals surface area (Å²) in [5, 5.41) is 3.30. The normalized spacial score (nSPS) is 11.8. The van der Waals surface area contributed by atoms with Crippen LogP contribution in [0.15, 0.2) is 10.5 Å². The Morgan fingerprint density at radius 3 is 2.75 bits per heavy atom. The summed E-state index contributed by atoms with van der Waals surface area (Å²) in [5.74, 6) is 2.71. The first-order chi connectivity index (χ1) is 9.56. The van der Waals surface area contributed by atoms with Crippen molar-refractivity contribution in [2.75, 3.05) is 33.4 Å². The molecule has 0 amide bonds. The van der Waals surface area contributed by atoms with Crippen LogP contribution < -0.4 is 5.32 Å². The monoisotopic (exact) mass is 282 g/mol. The highest BCUT2D eigenvalue weighted by atomic mass is 16.5. The van der Waals surface area contributed by atoms with E-state index in [1.807, 2.05) is 0 Å². The summed E-state index contributed by atoms with van der Waals surface area (Å²) >= 11 is 0. The van der Waals surface area contributed by atoms with Gasteiger partial charge in [0.15, 0.2) is 0 Å². The van der Waals surface area contributed by atoms with Crippen molar-refractivity contribution in [1.82, 2.24) is 10.2 Å². The summed E-state index contributed by atoms with van der Waals surface area (Å²) in [4.78, 5) is 2.43. The molecule has 4 heteroatoms. The molecule has 0 bridgehead atoms. The molecule has 0 aliphatic carbocycles. The molecule has 4 nitrogen and oxygen atoms in total. The molecule has 0 aliphatic heterocycles. The first-order valence-corrected chi connectivity index (χ1v) is 7.57. The van der Waals surface area contributed by atoms with E-state index in [4.69, 9.17) is 9.15 Å². The highest BCUT2D eigenvalue weighted by Gasteiger charge is 2.13. The molecule has 0 aromatic carbocycles. The van der Waals surface area contributed by atoms with E-state index in [9.17, 15) is 0 Å². The average Bonchev–Trinajstić information content (AvgIpc) is 2.73. The third kappa shape index (κ3) is 6.07. The Labute approximate surface area is 123 Å². The Bertz CT molecular complexity index is 375. The molecule has 0 atom stereocenters. The van der Waals surface area contributed by atoms with E-state index in [0.29, 0.717) is 5.92 Å². The lowest BCUT2D eigenvalue weighted by Gasteiger charge is -2.23. The largest absolute Gasteiger partial charge is 0.465 e. The van der Waals surface area contributed by atoms with E-state index in [1.54, 1.807) is 7.11 Å². The molecule has 1 heterocycles. The minimum Gasteiger partial charge on any atom is -0.465 e. The second-order valence-electron chi connectivity index (χ2n) is 5.70. The maximum absolute atomic E-state index is 5.81. The van der Waals surface area contributed by atoms with E-state index < -0.39 is 0 Å². The maximum atomic E-state index is 5.81. The van der Waals surface area contributed by atoms with Gasteiger partial charge in [0, 0.05) is 32.3 Å². The Morgan fingerprint density at radius 2 is 2.15 bits per heavy atom. The quantitative estimate of drug-likeness (QED) is 0.716. The van der Waals surface area contributed by atoms with Gasteiger partial charge in [-0.1, -0.05) is 20.8 Å². The fourth-order valence-corrected chi connectivity index (χ4v) is 2.29. The summed E-state index contributed by atoms with van der Waals surface area (Å²) in [6, 6.07) is 2.18. The third-order valence-corrected chi connectivity index (χ3v) is 3.25. The summed E-state index contributed by atoms with van der Waals surface area (Å²) in [6.07, 6.45) is 0. The molecular weight excluding hydrogens is 252 g/mol. The van der Waals surface area contributed by atoms with E-state index >= 15 is 0 Å². The molecule has 0 saturated heterocycles. The fraction of sp³-hybridized carbons (Fsp3) is 0.750. The zero-order chi connectivity index (χ0) is 15.0. The van der Waals surface area contributed by atoms with Crippen LogP contribution >= 0.6 is 0 Å². The number of hydrogen-bond acceptors (Lipinski definition) is 4. The average molecular weight is 282 g/mol. The van der Waals surface area contributed by atoms with Crippen molar-refractivity contribution in [2.45, 2.75) is 40.8 Å². The lowest BCUT2D eigenvalue weighted by molar-refractivity contribution is 0.135. The summed E-state index contributed by atoms with van der Waals surface area (Å²) < 4.78 is 11.0. The standard InChI is InChI=1S/C16H30N2O2/c1-6-17-10-16-9-15(14(4)20-16)12-18(7-8-19-5)11-13(2)3/h9,13,17H,6-8,10-12H2,1-5H3. The Kier molecular flexibility index (Phi) is 7.88. The number of rotatable bonds is 10. The van der Waals surface area contributed by atoms with Gasteiger partial charge in [-0.25, -0.2) is 0 Å². The van der Waals surface area contributed by atoms with Gasteiger partial charge in [-0.05, 0) is 25.5 Å². The van der Waals surface area contributed by atoms with Crippen molar-refractivity contribution in [3.63, 3.8) is 0 Å². The van der Waals surface area contributed by atoms with E-state index in [1.165, 1.54) is 5.56 Å². The van der Waals surface area contributed by atoms with E-state index in [2.05, 4.69) is 44.0 Å². The Hall–Kier alpha value is -0.840. The second kappa shape index (κ2) is 9.16. The first kappa shape index (κ1) is 17.2. The molecule has 0 saturated carbocycles. The van der Waals surface area contributed by atoms with Crippen molar-refractivity contribution in [3.8, 4) is 0 Å². The first-order valence-electron chi connectivity index (χ1n) is 7.57. The van der Waals surface area contributed by atoms with Gasteiger partial charge in [0.1, 0.15) is 11.5 Å². The molecule has 116 valence electrons. The molecule has 1 aromatic rings. The fourth-order valence-electron chi connectivity index (χ4n) is 2.29. The number of nitrogens with one attached hydrogen (secondary N) is 1. The van der Waals surface area contributed by atoms with Crippen LogP contribution in [-0.4, -0.2) is 38.3 Å². The number of methoxy groups -OCH3 is 1. The van der Waals surface area contributed by atoms with Crippen molar-refractivity contribution in [1.29, 1.82) is 0 Å². The van der Waals surface area contributed by atoms with E-state index in [-0.39, 0.29) is 0 Å². The molecule has 0 fully saturated rings. The van der Waals surface area contributed by atoms with Gasteiger partial charge in [0.05, 0.1) is 13.2 Å². The molecule has 1 rings (SSSR count). The molecule has 0 aliphatic rings. The number of aryl methyl sites for hydroxylation is 1. The summed E-state index contributed by atoms with van der Waals surface area (Å²) in [6.45, 7) is 14.2. The Balaban J connectivity index is 2.63. The molecule has 1 aromatic heterocycles. The van der Waals surface area contributed by atoms with Crippen LogP contribution in [0.25, 0.3) is 0 Å². The number of hydrogen-bond donors (Lipinski definition) is 1. The highest BCUT2D eigenvalue weighted by molar-refractivity contribution is 5.20. The third-order valence-electron chi connectivity index (χ3n) is 3.25. The second-order valence-corrected chi connectivity index (χ2v) is 5.70. The zero-order valence-electron chi connectivity index (χ0n) is 13.7. The minimum absolute atomic E-state index is 0.653. The number of furan rings is 1. The highest BCUT2D eigenvalue weighted by Crippen LogP contribution is 2.17. The molecule has 1 N–H and O–H groups in total. The van der Waals surface area contributed by atoms with Crippen molar-refractivity contribution >= 4 is 0 Å². The van der Waals surface area contributed by atoms with Gasteiger partial charge in [-0.15, -0.1) is 0 Å². The topological polar surface area (TPSA) is 37.6 Å². The molecule has 20 heavy (non-hydrogen) atoms. The Morgan fingerprint density at radius 1 is 1.40 bits per heavy atom. The summed E-state index contributed by atoms with van der Waals surface area (Å²) in [7, 11) is 1.76. The lowest BCUT2D eigenvalue weighted by atomic mass is 10.1. The predicted molar refractivity (Wildman–Crippen MR) is 82.8 cm³/mol. The van der Waals surface area contributed by atoms with Crippen LogP contribution in [-0.2, 0) is 17.8 Å². The van der Waals surface area contributed by atoms with Crippen LogP contribution in [0.4, 0.5) is 0 Å². The smallest absolute Gasteiger partial charge is 0.118 e. The van der Waals surface area contributed by atoms with Gasteiger partial charge < -0.3 is 14.5 Å². The zero-order valence-corrected chi connectivity index (χ0v) is 13.7. The van der Waals surface area contributed by atoms with Gasteiger partial charge in [-0.3, -0.25) is 4.90 Å². The number of ether oxygens (including phenoxy) is 1. The van der Waals surface area contributed by atoms with Crippen LogP contribution in [0.1, 0.15) is 37.9 Å². The van der Waals surface area contributed by atoms with Gasteiger partial charge in [0.25, 0.3) is 0 Å². The van der Waals surface area contributed by atoms with Gasteiger partial charge in [0.2, 0.25) is 0 Å². The van der Waals surface area contributed by atoms with Crippen LogP contribution in [0.2, 0.25) is 0 Å². The van der Waals surface area contributed by atoms with Crippen molar-refractivity contribution in [3.05, 3.63) is 23.2 Å². The maximum Gasteiger partial charge on any atom is 0.118 e. The predicted octanol–water partition coefficient (Wildman–Crippen LogP) is 2.80.